The molecule has 5 heteroatoms. The Kier molecular flexibility index (Phi) is 5.85. The van der Waals surface area contributed by atoms with E-state index in [9.17, 15) is 4.79 Å². The highest BCUT2D eigenvalue weighted by molar-refractivity contribution is 5.80. The van der Waals surface area contributed by atoms with E-state index in [2.05, 4.69) is 27.9 Å². The first-order chi connectivity index (χ1) is 8.26. The first-order valence-corrected chi connectivity index (χ1v) is 5.95. The quantitative estimate of drug-likeness (QED) is 0.670. The van der Waals surface area contributed by atoms with Gasteiger partial charge in [0.2, 0.25) is 5.91 Å². The molecule has 0 aliphatic heterocycles. The van der Waals surface area contributed by atoms with Gasteiger partial charge in [0.25, 0.3) is 0 Å². The molecular formula is C12H20N4O. The lowest BCUT2D eigenvalue weighted by Crippen LogP contribution is -2.29. The zero-order valence-corrected chi connectivity index (χ0v) is 10.4. The summed E-state index contributed by atoms with van der Waals surface area (Å²) in [6.45, 7) is 5.84. The van der Waals surface area contributed by atoms with Crippen molar-refractivity contribution >= 4 is 17.3 Å². The number of amides is 1. The van der Waals surface area contributed by atoms with Crippen LogP contribution < -0.4 is 16.0 Å². The van der Waals surface area contributed by atoms with Crippen LogP contribution in [0.25, 0.3) is 0 Å². The molecule has 0 saturated carbocycles. The molecular weight excluding hydrogens is 216 g/mol. The third-order valence-electron chi connectivity index (χ3n) is 2.14. The highest BCUT2D eigenvalue weighted by Crippen LogP contribution is 2.12. The molecule has 0 atom stereocenters. The van der Waals surface area contributed by atoms with Crippen LogP contribution >= 0.6 is 0 Å². The maximum absolute atomic E-state index is 11.3. The summed E-state index contributed by atoms with van der Waals surface area (Å²) in [6.07, 6.45) is 4.54. The fourth-order valence-electron chi connectivity index (χ4n) is 1.34. The van der Waals surface area contributed by atoms with E-state index in [1.807, 2.05) is 13.0 Å². The number of carbonyl (C=O) groups is 1. The molecule has 17 heavy (non-hydrogen) atoms. The van der Waals surface area contributed by atoms with E-state index >= 15 is 0 Å². The molecule has 0 aliphatic rings. The van der Waals surface area contributed by atoms with Gasteiger partial charge < -0.3 is 16.0 Å². The molecule has 5 nitrogen and oxygen atoms in total. The summed E-state index contributed by atoms with van der Waals surface area (Å²) >= 11 is 0. The molecule has 1 heterocycles. The van der Waals surface area contributed by atoms with E-state index in [0.29, 0.717) is 6.54 Å². The van der Waals surface area contributed by atoms with E-state index in [4.69, 9.17) is 0 Å². The number of pyridine rings is 1. The molecule has 0 unspecified atom stereocenters. The molecule has 94 valence electrons. The van der Waals surface area contributed by atoms with Crippen LogP contribution in [-0.4, -0.2) is 30.5 Å². The number of likely N-dealkylation sites (N-methyl/N-ethyl adjacent to an activating group) is 1. The Morgan fingerprint density at radius 1 is 1.24 bits per heavy atom. The van der Waals surface area contributed by atoms with Gasteiger partial charge in [-0.15, -0.1) is 0 Å². The molecule has 1 amide bonds. The number of anilines is 2. The van der Waals surface area contributed by atoms with E-state index in [1.165, 1.54) is 0 Å². The first-order valence-electron chi connectivity index (χ1n) is 5.95. The van der Waals surface area contributed by atoms with Crippen LogP contribution in [0.5, 0.6) is 0 Å². The summed E-state index contributed by atoms with van der Waals surface area (Å²) in [4.78, 5) is 15.4. The normalized spacial score (nSPS) is 9.76. The summed E-state index contributed by atoms with van der Waals surface area (Å²) in [6, 6.07) is 1.95. The van der Waals surface area contributed by atoms with Crippen LogP contribution in [0.3, 0.4) is 0 Å². The molecule has 0 fully saturated rings. The Hall–Kier alpha value is -1.78. The Morgan fingerprint density at radius 3 is 2.59 bits per heavy atom. The zero-order valence-electron chi connectivity index (χ0n) is 10.4. The minimum Gasteiger partial charge on any atom is -0.384 e. The number of hydrogen-bond acceptors (Lipinski definition) is 4. The summed E-state index contributed by atoms with van der Waals surface area (Å²) in [5.74, 6) is -0.0144. The van der Waals surface area contributed by atoms with Gasteiger partial charge in [-0.1, -0.05) is 6.92 Å². The van der Waals surface area contributed by atoms with E-state index in [0.717, 1.165) is 24.3 Å². The first kappa shape index (κ1) is 13.3. The van der Waals surface area contributed by atoms with E-state index < -0.39 is 0 Å². The minimum atomic E-state index is -0.0144. The second kappa shape index (κ2) is 7.49. The molecule has 0 spiro atoms. The van der Waals surface area contributed by atoms with Crippen LogP contribution in [0.2, 0.25) is 0 Å². The van der Waals surface area contributed by atoms with Gasteiger partial charge in [-0.2, -0.15) is 0 Å². The van der Waals surface area contributed by atoms with E-state index in [1.54, 1.807) is 12.4 Å². The second-order valence-corrected chi connectivity index (χ2v) is 3.70. The summed E-state index contributed by atoms with van der Waals surface area (Å²) < 4.78 is 0. The number of aromatic nitrogens is 1. The van der Waals surface area contributed by atoms with Gasteiger partial charge in [0.15, 0.2) is 0 Å². The van der Waals surface area contributed by atoms with Gasteiger partial charge in [-0.25, -0.2) is 0 Å². The van der Waals surface area contributed by atoms with Gasteiger partial charge in [-0.3, -0.25) is 9.78 Å². The average molecular weight is 236 g/mol. The molecule has 0 saturated heterocycles. The largest absolute Gasteiger partial charge is 0.384 e. The zero-order chi connectivity index (χ0) is 12.5. The number of nitrogens with zero attached hydrogens (tertiary/aromatic N) is 1. The third kappa shape index (κ3) is 5.19. The second-order valence-electron chi connectivity index (χ2n) is 3.70. The van der Waals surface area contributed by atoms with Crippen LogP contribution in [0, 0.1) is 0 Å². The van der Waals surface area contributed by atoms with Gasteiger partial charge >= 0.3 is 0 Å². The molecule has 3 N–H and O–H groups in total. The Bertz CT molecular complexity index is 354. The number of nitrogens with one attached hydrogen (secondary N) is 3. The monoisotopic (exact) mass is 236 g/mol. The SMILES string of the molecule is CCCNc1cncc(NCC(=O)NCC)c1. The van der Waals surface area contributed by atoms with Crippen LogP contribution in [0.4, 0.5) is 11.4 Å². The van der Waals surface area contributed by atoms with Gasteiger partial charge in [0.05, 0.1) is 30.3 Å². The maximum Gasteiger partial charge on any atom is 0.239 e. The lowest BCUT2D eigenvalue weighted by molar-refractivity contribution is -0.119. The molecule has 1 aromatic rings. The van der Waals surface area contributed by atoms with Gasteiger partial charge in [0, 0.05) is 13.1 Å². The van der Waals surface area contributed by atoms with Crippen molar-refractivity contribution in [2.75, 3.05) is 30.3 Å². The average Bonchev–Trinajstić information content (AvgIpc) is 2.35. The fourth-order valence-corrected chi connectivity index (χ4v) is 1.34. The summed E-state index contributed by atoms with van der Waals surface area (Å²) in [7, 11) is 0. The summed E-state index contributed by atoms with van der Waals surface area (Å²) in [5.41, 5.74) is 1.81. The fraction of sp³-hybridized carbons (Fsp3) is 0.500. The highest BCUT2D eigenvalue weighted by atomic mass is 16.1. The van der Waals surface area contributed by atoms with Crippen molar-refractivity contribution in [3.63, 3.8) is 0 Å². The summed E-state index contributed by atoms with van der Waals surface area (Å²) in [5, 5.41) is 9.00. The Labute approximate surface area is 102 Å². The van der Waals surface area contributed by atoms with E-state index in [-0.39, 0.29) is 12.5 Å². The lowest BCUT2D eigenvalue weighted by atomic mass is 10.3. The topological polar surface area (TPSA) is 66.0 Å². The maximum atomic E-state index is 11.3. The van der Waals surface area contributed by atoms with Crippen molar-refractivity contribution in [2.45, 2.75) is 20.3 Å². The Morgan fingerprint density at radius 2 is 1.94 bits per heavy atom. The third-order valence-corrected chi connectivity index (χ3v) is 2.14. The molecule has 0 aromatic carbocycles. The highest BCUT2D eigenvalue weighted by Gasteiger charge is 2.00. The van der Waals surface area contributed by atoms with Crippen molar-refractivity contribution in [2.24, 2.45) is 0 Å². The van der Waals surface area contributed by atoms with Crippen molar-refractivity contribution in [3.05, 3.63) is 18.5 Å². The number of carbonyl (C=O) groups excluding carboxylic acids is 1. The van der Waals surface area contributed by atoms with Crippen molar-refractivity contribution < 1.29 is 4.79 Å². The van der Waals surface area contributed by atoms with Crippen LogP contribution in [-0.2, 0) is 4.79 Å². The molecule has 1 rings (SSSR count). The van der Waals surface area contributed by atoms with Crippen LogP contribution in [0.1, 0.15) is 20.3 Å². The number of rotatable bonds is 7. The molecule has 0 bridgehead atoms. The standard InChI is InChI=1S/C12H20N4O/c1-3-5-15-10-6-11(8-13-7-10)16-9-12(17)14-4-2/h6-8,15-16H,3-5,9H2,1-2H3,(H,14,17). The number of hydrogen-bond donors (Lipinski definition) is 3. The predicted molar refractivity (Wildman–Crippen MR) is 70.2 cm³/mol. The van der Waals surface area contributed by atoms with Crippen LogP contribution in [0.15, 0.2) is 18.5 Å². The molecule has 1 aromatic heterocycles. The molecule has 0 radical (unpaired) electrons. The Balaban J connectivity index is 2.45. The molecule has 0 aliphatic carbocycles. The van der Waals surface area contributed by atoms with Gasteiger partial charge in [0.1, 0.15) is 0 Å². The van der Waals surface area contributed by atoms with Gasteiger partial charge in [-0.05, 0) is 19.4 Å². The van der Waals surface area contributed by atoms with Crippen molar-refractivity contribution in [1.82, 2.24) is 10.3 Å². The predicted octanol–water partition coefficient (Wildman–Crippen LogP) is 1.45. The minimum absolute atomic E-state index is 0.0144. The van der Waals surface area contributed by atoms with Crippen molar-refractivity contribution in [1.29, 1.82) is 0 Å². The smallest absolute Gasteiger partial charge is 0.239 e. The van der Waals surface area contributed by atoms with Crippen molar-refractivity contribution in [3.8, 4) is 0 Å². The lowest BCUT2D eigenvalue weighted by Gasteiger charge is -2.08.